The lowest BCUT2D eigenvalue weighted by molar-refractivity contribution is 0.623. The van der Waals surface area contributed by atoms with Crippen molar-refractivity contribution in [3.8, 4) is 11.4 Å². The lowest BCUT2D eigenvalue weighted by atomic mass is 10.1. The zero-order valence-electron chi connectivity index (χ0n) is 12.3. The van der Waals surface area contributed by atoms with Crippen molar-refractivity contribution in [3.63, 3.8) is 0 Å². The summed E-state index contributed by atoms with van der Waals surface area (Å²) in [7, 11) is 0. The van der Waals surface area contributed by atoms with Crippen molar-refractivity contribution in [2.24, 2.45) is 0 Å². The van der Waals surface area contributed by atoms with Gasteiger partial charge in [-0.1, -0.05) is 17.7 Å². The first-order chi connectivity index (χ1) is 10.6. The SMILES string of the molecule is Cc1ccc([C@@H](C)n2ccnc2-c2ccc(F)c(Cl)c2)nc1. The smallest absolute Gasteiger partial charge is 0.141 e. The molecule has 0 bridgehead atoms. The van der Waals surface area contributed by atoms with Gasteiger partial charge < -0.3 is 4.57 Å². The third-order valence-corrected chi connectivity index (χ3v) is 3.92. The van der Waals surface area contributed by atoms with E-state index in [1.807, 2.05) is 42.9 Å². The molecule has 22 heavy (non-hydrogen) atoms. The lowest BCUT2D eigenvalue weighted by Gasteiger charge is -2.16. The van der Waals surface area contributed by atoms with Crippen molar-refractivity contribution in [2.75, 3.05) is 0 Å². The third-order valence-electron chi connectivity index (χ3n) is 3.63. The molecule has 0 unspecified atom stereocenters. The van der Waals surface area contributed by atoms with Crippen LogP contribution in [0.15, 0.2) is 48.9 Å². The molecule has 0 radical (unpaired) electrons. The van der Waals surface area contributed by atoms with Gasteiger partial charge in [-0.05, 0) is 43.7 Å². The van der Waals surface area contributed by atoms with Gasteiger partial charge in [-0.2, -0.15) is 0 Å². The van der Waals surface area contributed by atoms with Gasteiger partial charge in [-0.25, -0.2) is 9.37 Å². The Morgan fingerprint density at radius 3 is 2.68 bits per heavy atom. The van der Waals surface area contributed by atoms with Gasteiger partial charge in [-0.3, -0.25) is 4.98 Å². The first-order valence-corrected chi connectivity index (χ1v) is 7.35. The fraction of sp³-hybridized carbons (Fsp3) is 0.176. The van der Waals surface area contributed by atoms with Gasteiger partial charge in [-0.15, -0.1) is 0 Å². The highest BCUT2D eigenvalue weighted by atomic mass is 35.5. The summed E-state index contributed by atoms with van der Waals surface area (Å²) in [5, 5.41) is 0.0909. The van der Waals surface area contributed by atoms with Crippen LogP contribution in [0, 0.1) is 12.7 Å². The van der Waals surface area contributed by atoms with Crippen LogP contribution in [0.1, 0.15) is 24.2 Å². The van der Waals surface area contributed by atoms with E-state index < -0.39 is 5.82 Å². The first-order valence-electron chi connectivity index (χ1n) is 6.97. The highest BCUT2D eigenvalue weighted by Crippen LogP contribution is 2.27. The number of benzene rings is 1. The van der Waals surface area contributed by atoms with Gasteiger partial charge in [0.2, 0.25) is 0 Å². The van der Waals surface area contributed by atoms with Crippen LogP contribution in [0.3, 0.4) is 0 Å². The number of pyridine rings is 1. The van der Waals surface area contributed by atoms with Crippen LogP contribution in [0.5, 0.6) is 0 Å². The van der Waals surface area contributed by atoms with Crippen molar-refractivity contribution in [1.29, 1.82) is 0 Å². The van der Waals surface area contributed by atoms with Crippen molar-refractivity contribution >= 4 is 11.6 Å². The number of nitrogens with zero attached hydrogens (tertiary/aromatic N) is 3. The molecule has 0 aliphatic heterocycles. The molecular weight excluding hydrogens is 301 g/mol. The number of aromatic nitrogens is 3. The van der Waals surface area contributed by atoms with Crippen molar-refractivity contribution in [3.05, 3.63) is 71.0 Å². The van der Waals surface area contributed by atoms with Crippen LogP contribution < -0.4 is 0 Å². The van der Waals surface area contributed by atoms with Gasteiger partial charge in [0.1, 0.15) is 11.6 Å². The maximum absolute atomic E-state index is 13.3. The molecule has 0 spiro atoms. The maximum atomic E-state index is 13.3. The molecule has 0 saturated heterocycles. The molecule has 2 aromatic heterocycles. The molecule has 0 fully saturated rings. The molecule has 3 nitrogen and oxygen atoms in total. The highest BCUT2D eigenvalue weighted by molar-refractivity contribution is 6.31. The molecule has 1 atom stereocenters. The standard InChI is InChI=1S/C17H15ClFN3/c1-11-3-6-16(21-10-11)12(2)22-8-7-20-17(22)13-4-5-15(19)14(18)9-13/h3-10,12H,1-2H3/t12-/m1/s1. The minimum absolute atomic E-state index is 0.0157. The van der Waals surface area contributed by atoms with E-state index in [0.717, 1.165) is 22.6 Å². The van der Waals surface area contributed by atoms with Crippen LogP contribution in [0.2, 0.25) is 5.02 Å². The zero-order chi connectivity index (χ0) is 15.7. The van der Waals surface area contributed by atoms with Gasteiger partial charge in [0.25, 0.3) is 0 Å². The van der Waals surface area contributed by atoms with E-state index in [9.17, 15) is 4.39 Å². The van der Waals surface area contributed by atoms with Crippen molar-refractivity contribution < 1.29 is 4.39 Å². The number of hydrogen-bond acceptors (Lipinski definition) is 2. The molecule has 5 heteroatoms. The van der Waals surface area contributed by atoms with E-state index in [0.29, 0.717) is 0 Å². The van der Waals surface area contributed by atoms with Gasteiger partial charge in [0, 0.05) is 24.2 Å². The van der Waals surface area contributed by atoms with Gasteiger partial charge in [0.15, 0.2) is 0 Å². The Hall–Kier alpha value is -2.20. The molecule has 0 saturated carbocycles. The summed E-state index contributed by atoms with van der Waals surface area (Å²) in [6.45, 7) is 4.05. The Balaban J connectivity index is 2.01. The van der Waals surface area contributed by atoms with E-state index >= 15 is 0 Å². The van der Waals surface area contributed by atoms with Gasteiger partial charge in [0.05, 0.1) is 16.8 Å². The van der Waals surface area contributed by atoms with E-state index in [4.69, 9.17) is 11.6 Å². The predicted octanol–water partition coefficient (Wildman–Crippen LogP) is 4.66. The summed E-state index contributed by atoms with van der Waals surface area (Å²) in [5.41, 5.74) is 2.83. The number of hydrogen-bond donors (Lipinski definition) is 0. The summed E-state index contributed by atoms with van der Waals surface area (Å²) < 4.78 is 15.3. The Labute approximate surface area is 133 Å². The molecule has 0 amide bonds. The predicted molar refractivity (Wildman–Crippen MR) is 85.4 cm³/mol. The van der Waals surface area contributed by atoms with E-state index in [1.165, 1.54) is 6.07 Å². The summed E-state index contributed by atoms with van der Waals surface area (Å²) in [6.07, 6.45) is 5.45. The summed E-state index contributed by atoms with van der Waals surface area (Å²) in [6, 6.07) is 8.67. The van der Waals surface area contributed by atoms with Crippen LogP contribution in [-0.2, 0) is 0 Å². The minimum Gasteiger partial charge on any atom is -0.322 e. The highest BCUT2D eigenvalue weighted by Gasteiger charge is 2.15. The lowest BCUT2D eigenvalue weighted by Crippen LogP contribution is -2.09. The molecule has 2 heterocycles. The first kappa shape index (κ1) is 14.7. The number of aryl methyl sites for hydroxylation is 1. The molecule has 1 aromatic carbocycles. The van der Waals surface area contributed by atoms with Gasteiger partial charge >= 0.3 is 0 Å². The van der Waals surface area contributed by atoms with E-state index in [2.05, 4.69) is 9.97 Å². The Kier molecular flexibility index (Phi) is 3.94. The fourth-order valence-electron chi connectivity index (χ4n) is 2.35. The summed E-state index contributed by atoms with van der Waals surface area (Å²) >= 11 is 5.87. The van der Waals surface area contributed by atoms with Crippen LogP contribution in [-0.4, -0.2) is 14.5 Å². The average molecular weight is 316 g/mol. The Morgan fingerprint density at radius 2 is 2.00 bits per heavy atom. The number of rotatable bonds is 3. The van der Waals surface area contributed by atoms with E-state index in [1.54, 1.807) is 18.3 Å². The Morgan fingerprint density at radius 1 is 1.18 bits per heavy atom. The quantitative estimate of drug-likeness (QED) is 0.704. The third kappa shape index (κ3) is 2.74. The topological polar surface area (TPSA) is 30.7 Å². The second kappa shape index (κ2) is 5.89. The fourth-order valence-corrected chi connectivity index (χ4v) is 2.53. The maximum Gasteiger partial charge on any atom is 0.141 e. The molecule has 0 aliphatic carbocycles. The Bertz CT molecular complexity index is 796. The van der Waals surface area contributed by atoms with Crippen LogP contribution in [0.4, 0.5) is 4.39 Å². The van der Waals surface area contributed by atoms with Crippen molar-refractivity contribution in [1.82, 2.24) is 14.5 Å². The molecule has 3 aromatic rings. The van der Waals surface area contributed by atoms with E-state index in [-0.39, 0.29) is 11.1 Å². The second-order valence-corrected chi connectivity index (χ2v) is 5.63. The number of halogens is 2. The molecule has 3 rings (SSSR count). The van der Waals surface area contributed by atoms with Crippen LogP contribution in [0.25, 0.3) is 11.4 Å². The monoisotopic (exact) mass is 315 g/mol. The molecular formula is C17H15ClFN3. The van der Waals surface area contributed by atoms with Crippen molar-refractivity contribution in [2.45, 2.75) is 19.9 Å². The molecule has 112 valence electrons. The summed E-state index contributed by atoms with van der Waals surface area (Å²) in [4.78, 5) is 8.84. The second-order valence-electron chi connectivity index (χ2n) is 5.22. The normalized spacial score (nSPS) is 12.4. The van der Waals surface area contributed by atoms with Crippen LogP contribution >= 0.6 is 11.6 Å². The average Bonchev–Trinajstić information content (AvgIpc) is 2.99. The number of imidazole rings is 1. The zero-order valence-corrected chi connectivity index (χ0v) is 13.0. The minimum atomic E-state index is -0.434. The molecule has 0 N–H and O–H groups in total. The molecule has 0 aliphatic rings. The summed E-state index contributed by atoms with van der Waals surface area (Å²) in [5.74, 6) is 0.300. The largest absolute Gasteiger partial charge is 0.322 e.